The van der Waals surface area contributed by atoms with Crippen molar-refractivity contribution in [2.24, 2.45) is 5.92 Å². The first-order chi connectivity index (χ1) is 14.0. The highest BCUT2D eigenvalue weighted by atomic mass is 19.1. The number of aryl methyl sites for hydroxylation is 1. The van der Waals surface area contributed by atoms with Crippen LogP contribution in [0.1, 0.15) is 17.7 Å². The van der Waals surface area contributed by atoms with Crippen LogP contribution < -0.4 is 10.2 Å². The smallest absolute Gasteiger partial charge is 0.227 e. The van der Waals surface area contributed by atoms with Crippen molar-refractivity contribution in [1.29, 1.82) is 0 Å². The average Bonchev–Trinajstić information content (AvgIpc) is 3.34. The first-order valence-corrected chi connectivity index (χ1v) is 9.36. The molecule has 1 aliphatic rings. The number of nitrogens with zero attached hydrogens (tertiary/aromatic N) is 2. The summed E-state index contributed by atoms with van der Waals surface area (Å²) in [5.41, 5.74) is 3.17. The van der Waals surface area contributed by atoms with E-state index >= 15 is 0 Å². The molecule has 7 heteroatoms. The molecule has 0 radical (unpaired) electrons. The SMILES string of the molecule is Cc1ccc(N2CC(C(=O)NCc3cc(-c4ccc(F)cc4)on3)CC2=O)cc1. The van der Waals surface area contributed by atoms with Gasteiger partial charge in [-0.2, -0.15) is 0 Å². The minimum absolute atomic E-state index is 0.0611. The highest BCUT2D eigenvalue weighted by Gasteiger charge is 2.35. The quantitative estimate of drug-likeness (QED) is 0.720. The summed E-state index contributed by atoms with van der Waals surface area (Å²) in [6.07, 6.45) is 0.180. The van der Waals surface area contributed by atoms with Crippen LogP contribution in [0, 0.1) is 18.7 Å². The fourth-order valence-electron chi connectivity index (χ4n) is 3.32. The Labute approximate surface area is 167 Å². The van der Waals surface area contributed by atoms with Crippen LogP contribution in [0.25, 0.3) is 11.3 Å². The Balaban J connectivity index is 1.35. The molecule has 4 rings (SSSR count). The molecular weight excluding hydrogens is 373 g/mol. The summed E-state index contributed by atoms with van der Waals surface area (Å²) in [7, 11) is 0. The van der Waals surface area contributed by atoms with Gasteiger partial charge in [-0.1, -0.05) is 22.9 Å². The topological polar surface area (TPSA) is 75.4 Å². The van der Waals surface area contributed by atoms with Crippen molar-refractivity contribution < 1.29 is 18.5 Å². The molecule has 1 aliphatic heterocycles. The Morgan fingerprint density at radius 1 is 1.21 bits per heavy atom. The van der Waals surface area contributed by atoms with Gasteiger partial charge in [-0.3, -0.25) is 9.59 Å². The van der Waals surface area contributed by atoms with E-state index in [-0.39, 0.29) is 30.6 Å². The van der Waals surface area contributed by atoms with Gasteiger partial charge in [-0.05, 0) is 43.3 Å². The highest BCUT2D eigenvalue weighted by Crippen LogP contribution is 2.26. The number of halogens is 1. The number of amides is 2. The second kappa shape index (κ2) is 7.87. The third-order valence-electron chi connectivity index (χ3n) is 4.97. The van der Waals surface area contributed by atoms with E-state index in [2.05, 4.69) is 10.5 Å². The largest absolute Gasteiger partial charge is 0.356 e. The molecule has 1 fully saturated rings. The molecule has 2 aromatic carbocycles. The van der Waals surface area contributed by atoms with Gasteiger partial charge in [0, 0.05) is 30.3 Å². The van der Waals surface area contributed by atoms with Gasteiger partial charge in [0.25, 0.3) is 0 Å². The molecule has 0 saturated carbocycles. The van der Waals surface area contributed by atoms with E-state index in [0.29, 0.717) is 23.6 Å². The van der Waals surface area contributed by atoms with E-state index in [4.69, 9.17) is 4.52 Å². The molecule has 1 unspecified atom stereocenters. The lowest BCUT2D eigenvalue weighted by atomic mass is 10.1. The predicted octanol–water partition coefficient (Wildman–Crippen LogP) is 3.46. The van der Waals surface area contributed by atoms with Gasteiger partial charge in [0.15, 0.2) is 5.76 Å². The number of nitrogens with one attached hydrogen (secondary N) is 1. The lowest BCUT2D eigenvalue weighted by Crippen LogP contribution is -2.32. The number of carbonyl (C=O) groups excluding carboxylic acids is 2. The van der Waals surface area contributed by atoms with Crippen molar-refractivity contribution in [3.8, 4) is 11.3 Å². The maximum Gasteiger partial charge on any atom is 0.227 e. The van der Waals surface area contributed by atoms with Gasteiger partial charge < -0.3 is 14.7 Å². The van der Waals surface area contributed by atoms with Gasteiger partial charge in [-0.25, -0.2) is 4.39 Å². The summed E-state index contributed by atoms with van der Waals surface area (Å²) in [4.78, 5) is 26.5. The monoisotopic (exact) mass is 393 g/mol. The van der Waals surface area contributed by atoms with Crippen LogP contribution in [-0.4, -0.2) is 23.5 Å². The molecule has 1 N–H and O–H groups in total. The Hall–Kier alpha value is -3.48. The minimum Gasteiger partial charge on any atom is -0.356 e. The molecule has 3 aromatic rings. The Kier molecular flexibility index (Phi) is 5.12. The summed E-state index contributed by atoms with van der Waals surface area (Å²) in [5.74, 6) is -0.497. The van der Waals surface area contributed by atoms with Gasteiger partial charge in [-0.15, -0.1) is 0 Å². The summed E-state index contributed by atoms with van der Waals surface area (Å²) in [6.45, 7) is 2.53. The summed E-state index contributed by atoms with van der Waals surface area (Å²) in [5, 5.41) is 6.75. The molecule has 0 bridgehead atoms. The summed E-state index contributed by atoms with van der Waals surface area (Å²) < 4.78 is 18.3. The summed E-state index contributed by atoms with van der Waals surface area (Å²) >= 11 is 0. The molecular formula is C22H20FN3O3. The second-order valence-corrected chi connectivity index (χ2v) is 7.15. The van der Waals surface area contributed by atoms with Gasteiger partial charge in [0.05, 0.1) is 12.5 Å². The van der Waals surface area contributed by atoms with E-state index in [0.717, 1.165) is 11.3 Å². The van der Waals surface area contributed by atoms with Crippen LogP contribution in [0.3, 0.4) is 0 Å². The molecule has 1 aromatic heterocycles. The zero-order valence-electron chi connectivity index (χ0n) is 15.9. The van der Waals surface area contributed by atoms with Crippen molar-refractivity contribution in [2.45, 2.75) is 19.9 Å². The van der Waals surface area contributed by atoms with Crippen LogP contribution >= 0.6 is 0 Å². The molecule has 0 spiro atoms. The Morgan fingerprint density at radius 2 is 1.93 bits per heavy atom. The average molecular weight is 393 g/mol. The van der Waals surface area contributed by atoms with E-state index in [1.54, 1.807) is 23.1 Å². The van der Waals surface area contributed by atoms with Crippen molar-refractivity contribution in [2.75, 3.05) is 11.4 Å². The highest BCUT2D eigenvalue weighted by molar-refractivity contribution is 6.00. The van der Waals surface area contributed by atoms with E-state index in [1.807, 2.05) is 31.2 Å². The predicted molar refractivity (Wildman–Crippen MR) is 105 cm³/mol. The molecule has 1 saturated heterocycles. The van der Waals surface area contributed by atoms with Crippen LogP contribution in [0.5, 0.6) is 0 Å². The second-order valence-electron chi connectivity index (χ2n) is 7.15. The number of carbonyl (C=O) groups is 2. The van der Waals surface area contributed by atoms with E-state index < -0.39 is 5.92 Å². The van der Waals surface area contributed by atoms with Gasteiger partial charge in [0.2, 0.25) is 11.8 Å². The Morgan fingerprint density at radius 3 is 2.66 bits per heavy atom. The normalized spacial score (nSPS) is 16.3. The fraction of sp³-hybridized carbons (Fsp3) is 0.227. The molecule has 29 heavy (non-hydrogen) atoms. The molecule has 6 nitrogen and oxygen atoms in total. The number of anilines is 1. The lowest BCUT2D eigenvalue weighted by molar-refractivity contribution is -0.126. The first-order valence-electron chi connectivity index (χ1n) is 9.36. The molecule has 2 amide bonds. The maximum absolute atomic E-state index is 13.0. The van der Waals surface area contributed by atoms with Gasteiger partial charge >= 0.3 is 0 Å². The zero-order chi connectivity index (χ0) is 20.4. The first kappa shape index (κ1) is 18.9. The van der Waals surface area contributed by atoms with Crippen LogP contribution in [0.4, 0.5) is 10.1 Å². The zero-order valence-corrected chi connectivity index (χ0v) is 15.9. The molecule has 2 heterocycles. The third-order valence-corrected chi connectivity index (χ3v) is 4.97. The molecule has 0 aliphatic carbocycles. The van der Waals surface area contributed by atoms with E-state index in [9.17, 15) is 14.0 Å². The standard InChI is InChI=1S/C22H20FN3O3/c1-14-2-8-19(9-3-14)26-13-16(10-21(26)27)22(28)24-12-18-11-20(29-25-18)15-4-6-17(23)7-5-15/h2-9,11,16H,10,12-13H2,1H3,(H,24,28). The Bertz CT molecular complexity index is 1030. The maximum atomic E-state index is 13.0. The lowest BCUT2D eigenvalue weighted by Gasteiger charge is -2.16. The van der Waals surface area contributed by atoms with Crippen LogP contribution in [-0.2, 0) is 16.1 Å². The summed E-state index contributed by atoms with van der Waals surface area (Å²) in [6, 6.07) is 15.3. The number of rotatable bonds is 5. The molecule has 1 atom stereocenters. The number of hydrogen-bond acceptors (Lipinski definition) is 4. The fourth-order valence-corrected chi connectivity index (χ4v) is 3.32. The minimum atomic E-state index is -0.410. The number of aromatic nitrogens is 1. The van der Waals surface area contributed by atoms with Crippen molar-refractivity contribution in [3.63, 3.8) is 0 Å². The van der Waals surface area contributed by atoms with Crippen LogP contribution in [0.2, 0.25) is 0 Å². The van der Waals surface area contributed by atoms with Crippen LogP contribution in [0.15, 0.2) is 59.1 Å². The number of benzene rings is 2. The number of hydrogen-bond donors (Lipinski definition) is 1. The van der Waals surface area contributed by atoms with Crippen molar-refractivity contribution in [3.05, 3.63) is 71.7 Å². The molecule has 148 valence electrons. The third kappa shape index (κ3) is 4.18. The van der Waals surface area contributed by atoms with Crippen molar-refractivity contribution in [1.82, 2.24) is 10.5 Å². The van der Waals surface area contributed by atoms with Crippen molar-refractivity contribution >= 4 is 17.5 Å². The van der Waals surface area contributed by atoms with Gasteiger partial charge in [0.1, 0.15) is 11.5 Å². The van der Waals surface area contributed by atoms with E-state index in [1.165, 1.54) is 12.1 Å².